The summed E-state index contributed by atoms with van der Waals surface area (Å²) in [5.41, 5.74) is 0.150. The number of carbonyl (C=O) groups excluding carboxylic acids is 1. The minimum Gasteiger partial charge on any atom is -0.501 e. The Kier molecular flexibility index (Phi) is 6.62. The summed E-state index contributed by atoms with van der Waals surface area (Å²) >= 11 is 0. The zero-order chi connectivity index (χ0) is 25.1. The maximum absolute atomic E-state index is 14.7. The van der Waals surface area contributed by atoms with Crippen molar-refractivity contribution in [2.75, 3.05) is 24.8 Å². The molecule has 35 heavy (non-hydrogen) atoms. The first-order valence-corrected chi connectivity index (χ1v) is 10.8. The summed E-state index contributed by atoms with van der Waals surface area (Å²) in [4.78, 5) is 34.0. The molecule has 1 aliphatic rings. The van der Waals surface area contributed by atoms with Gasteiger partial charge in [-0.25, -0.2) is 14.4 Å². The molecule has 3 aromatic rings. The number of anilines is 3. The number of carbonyl (C=O) groups is 1. The Balaban J connectivity index is 1.74. The van der Waals surface area contributed by atoms with Gasteiger partial charge in [-0.1, -0.05) is 0 Å². The fourth-order valence-corrected chi connectivity index (χ4v) is 3.32. The van der Waals surface area contributed by atoms with E-state index in [1.165, 1.54) is 30.1 Å². The van der Waals surface area contributed by atoms with Crippen LogP contribution in [0.4, 0.5) is 21.7 Å². The van der Waals surface area contributed by atoms with Crippen molar-refractivity contribution in [1.29, 1.82) is 0 Å². The summed E-state index contributed by atoms with van der Waals surface area (Å²) in [6.07, 6.45) is 5.83. The first-order chi connectivity index (χ1) is 16.9. The van der Waals surface area contributed by atoms with Gasteiger partial charge in [-0.05, 0) is 38.6 Å². The molecular formula is C23H25FN8O3. The Morgan fingerprint density at radius 2 is 2.17 bits per heavy atom. The van der Waals surface area contributed by atoms with Crippen LogP contribution in [0, 0.1) is 0 Å². The van der Waals surface area contributed by atoms with Gasteiger partial charge < -0.3 is 20.7 Å². The number of nitrogens with zero attached hydrogens (tertiary/aromatic N) is 5. The van der Waals surface area contributed by atoms with Crippen LogP contribution in [0.15, 0.2) is 58.0 Å². The van der Waals surface area contributed by atoms with E-state index in [1.54, 1.807) is 26.1 Å². The number of fused-ring (bicyclic) bond motifs is 1. The van der Waals surface area contributed by atoms with E-state index in [0.29, 0.717) is 22.8 Å². The summed E-state index contributed by atoms with van der Waals surface area (Å²) < 4.78 is 22.2. The fourth-order valence-electron chi connectivity index (χ4n) is 3.32. The summed E-state index contributed by atoms with van der Waals surface area (Å²) in [6, 6.07) is 4.89. The predicted octanol–water partition coefficient (Wildman–Crippen LogP) is 2.91. The third-order valence-electron chi connectivity index (χ3n) is 5.34. The van der Waals surface area contributed by atoms with Crippen LogP contribution in [-0.4, -0.2) is 52.0 Å². The number of pyridine rings is 1. The lowest BCUT2D eigenvalue weighted by Crippen LogP contribution is -2.25. The monoisotopic (exact) mass is 480 g/mol. The number of nitrogens with one attached hydrogen (secondary N) is 3. The fraction of sp³-hybridized carbons (Fsp3) is 0.261. The van der Waals surface area contributed by atoms with E-state index >= 15 is 0 Å². The van der Waals surface area contributed by atoms with E-state index < -0.39 is 11.4 Å². The molecule has 1 amide bonds. The molecule has 0 spiro atoms. The highest BCUT2D eigenvalue weighted by atomic mass is 19.1. The van der Waals surface area contributed by atoms with Gasteiger partial charge in [-0.2, -0.15) is 9.61 Å². The third-order valence-corrected chi connectivity index (χ3v) is 5.34. The van der Waals surface area contributed by atoms with Crippen molar-refractivity contribution in [3.05, 3.63) is 64.2 Å². The highest BCUT2D eigenvalue weighted by molar-refractivity contribution is 6.00. The Bertz CT molecular complexity index is 1420. The quantitative estimate of drug-likeness (QED) is 0.244. The van der Waals surface area contributed by atoms with Gasteiger partial charge in [0.1, 0.15) is 22.9 Å². The van der Waals surface area contributed by atoms with Crippen LogP contribution in [0.25, 0.3) is 11.5 Å². The molecule has 0 unspecified atom stereocenters. The molecule has 182 valence electrons. The van der Waals surface area contributed by atoms with Crippen molar-refractivity contribution in [1.82, 2.24) is 24.5 Å². The van der Waals surface area contributed by atoms with Gasteiger partial charge in [0.15, 0.2) is 17.3 Å². The highest BCUT2D eigenvalue weighted by Crippen LogP contribution is 2.23. The first kappa shape index (κ1) is 23.7. The minimum absolute atomic E-state index is 0.108. The van der Waals surface area contributed by atoms with Crippen LogP contribution < -0.4 is 21.5 Å². The molecule has 3 aromatic heterocycles. The second kappa shape index (κ2) is 9.79. The summed E-state index contributed by atoms with van der Waals surface area (Å²) in [7, 11) is 3.10. The van der Waals surface area contributed by atoms with E-state index in [-0.39, 0.29) is 29.3 Å². The van der Waals surface area contributed by atoms with Crippen molar-refractivity contribution in [2.24, 2.45) is 4.99 Å². The number of allylic oxidation sites excluding steroid dienone is 3. The van der Waals surface area contributed by atoms with E-state index in [9.17, 15) is 14.0 Å². The lowest BCUT2D eigenvalue weighted by Gasteiger charge is -2.12. The normalized spacial score (nSPS) is 14.3. The van der Waals surface area contributed by atoms with E-state index in [0.717, 1.165) is 23.5 Å². The molecule has 0 aromatic carbocycles. The van der Waals surface area contributed by atoms with Crippen LogP contribution in [0.2, 0.25) is 0 Å². The van der Waals surface area contributed by atoms with E-state index in [2.05, 4.69) is 37.7 Å². The Morgan fingerprint density at radius 1 is 1.40 bits per heavy atom. The van der Waals surface area contributed by atoms with Crippen molar-refractivity contribution in [3.63, 3.8) is 0 Å². The lowest BCUT2D eigenvalue weighted by atomic mass is 10.3. The average Bonchev–Trinajstić information content (AvgIpc) is 3.56. The summed E-state index contributed by atoms with van der Waals surface area (Å²) in [6.45, 7) is 4.95. The van der Waals surface area contributed by atoms with Gasteiger partial charge in [-0.3, -0.25) is 14.2 Å². The molecule has 1 aliphatic carbocycles. The molecule has 12 heteroatoms. The Morgan fingerprint density at radius 3 is 2.83 bits per heavy atom. The number of methoxy groups -OCH3 is 1. The lowest BCUT2D eigenvalue weighted by molar-refractivity contribution is 0.0952. The maximum Gasteiger partial charge on any atom is 0.280 e. The van der Waals surface area contributed by atoms with Gasteiger partial charge in [0.05, 0.1) is 19.1 Å². The van der Waals surface area contributed by atoms with Crippen molar-refractivity contribution in [2.45, 2.75) is 25.8 Å². The van der Waals surface area contributed by atoms with E-state index in [4.69, 9.17) is 4.74 Å². The molecule has 1 saturated carbocycles. The van der Waals surface area contributed by atoms with Crippen LogP contribution in [0.1, 0.15) is 30.1 Å². The molecule has 3 N–H and O–H groups in total. The number of halogens is 1. The minimum atomic E-state index is -0.791. The van der Waals surface area contributed by atoms with Crippen LogP contribution in [0.3, 0.4) is 0 Å². The van der Waals surface area contributed by atoms with Crippen LogP contribution in [0.5, 0.6) is 0 Å². The second-order valence-corrected chi connectivity index (χ2v) is 7.83. The summed E-state index contributed by atoms with van der Waals surface area (Å²) in [5.74, 6) is -0.224. The molecule has 1 fully saturated rings. The largest absolute Gasteiger partial charge is 0.501 e. The molecule has 4 rings (SSSR count). The van der Waals surface area contributed by atoms with Crippen molar-refractivity contribution < 1.29 is 13.9 Å². The topological polar surface area (TPSA) is 127 Å². The van der Waals surface area contributed by atoms with Crippen molar-refractivity contribution >= 4 is 41.4 Å². The first-order valence-electron chi connectivity index (χ1n) is 10.8. The predicted molar refractivity (Wildman–Crippen MR) is 132 cm³/mol. The number of hydrogen-bond acceptors (Lipinski definition) is 8. The molecule has 0 aliphatic heterocycles. The maximum atomic E-state index is 14.7. The number of aromatic nitrogens is 4. The number of amides is 1. The smallest absolute Gasteiger partial charge is 0.280 e. The van der Waals surface area contributed by atoms with Gasteiger partial charge >= 0.3 is 0 Å². The third kappa shape index (κ3) is 4.90. The van der Waals surface area contributed by atoms with Gasteiger partial charge in [0.25, 0.3) is 11.5 Å². The van der Waals surface area contributed by atoms with Crippen molar-refractivity contribution in [3.8, 4) is 0 Å². The SMILES string of the molecule is C=N/C(=C(F)\C=C(/C)OC)n1cccc(Nc2cc(NC)n3ncc(C(=O)NC4CC4)c3n2)c1=O. The van der Waals surface area contributed by atoms with Crippen LogP contribution in [-0.2, 0) is 4.74 Å². The highest BCUT2D eigenvalue weighted by Gasteiger charge is 2.26. The molecule has 11 nitrogen and oxygen atoms in total. The molecule has 0 bridgehead atoms. The van der Waals surface area contributed by atoms with Gasteiger partial charge in [0, 0.05) is 31.4 Å². The number of hydrogen-bond donors (Lipinski definition) is 3. The Hall–Kier alpha value is -4.48. The number of aliphatic imine (C=N–C) groups is 1. The molecular weight excluding hydrogens is 455 g/mol. The zero-order valence-corrected chi connectivity index (χ0v) is 19.5. The molecule has 0 atom stereocenters. The van der Waals surface area contributed by atoms with E-state index in [1.807, 2.05) is 0 Å². The molecule has 0 radical (unpaired) electrons. The Labute approximate surface area is 200 Å². The molecule has 3 heterocycles. The number of ether oxygens (including phenoxy) is 1. The second-order valence-electron chi connectivity index (χ2n) is 7.83. The zero-order valence-electron chi connectivity index (χ0n) is 19.5. The average molecular weight is 481 g/mol. The van der Waals surface area contributed by atoms with Gasteiger partial charge in [-0.15, -0.1) is 0 Å². The van der Waals surface area contributed by atoms with Crippen LogP contribution >= 0.6 is 0 Å². The van der Waals surface area contributed by atoms with Gasteiger partial charge in [0.2, 0.25) is 0 Å². The summed E-state index contributed by atoms with van der Waals surface area (Å²) in [5, 5.41) is 13.1. The molecule has 0 saturated heterocycles. The number of rotatable bonds is 9. The standard InChI is InChI=1S/C23H25FN8O3/c1-13(35-4)10-16(24)21(26-3)31-9-5-6-17(23(31)34)29-18-11-19(25-2)32-20(30-18)15(12-27-32)22(33)28-14-7-8-14/h5-6,9-12,14,25H,3,7-8H2,1-2,4H3,(H,28,33)(H,29,30)/b13-10+,21-16-.